The molecule has 0 spiro atoms. The summed E-state index contributed by atoms with van der Waals surface area (Å²) in [5, 5.41) is 2.85. The Balaban J connectivity index is 0.00000256. The van der Waals surface area contributed by atoms with E-state index in [1.54, 1.807) is 0 Å². The van der Waals surface area contributed by atoms with Gasteiger partial charge >= 0.3 is 0 Å². The van der Waals surface area contributed by atoms with Crippen LogP contribution in [-0.2, 0) is 11.3 Å². The molecule has 1 rings (SSSR count). The number of rotatable bonds is 5. The molecule has 0 aliphatic heterocycles. The zero-order valence-electron chi connectivity index (χ0n) is 10.3. The maximum atomic E-state index is 11.7. The van der Waals surface area contributed by atoms with Crippen molar-refractivity contribution in [3.05, 3.63) is 35.9 Å². The van der Waals surface area contributed by atoms with Crippen LogP contribution in [0.2, 0.25) is 0 Å². The molecule has 0 aliphatic carbocycles. The quantitative estimate of drug-likeness (QED) is 0.848. The van der Waals surface area contributed by atoms with Crippen molar-refractivity contribution in [1.29, 1.82) is 0 Å². The molecule has 1 aromatic carbocycles. The maximum Gasteiger partial charge on any atom is 0.237 e. The molecule has 1 amide bonds. The highest BCUT2D eigenvalue weighted by Crippen LogP contribution is 2.05. The minimum Gasteiger partial charge on any atom is -0.351 e. The molecule has 2 atom stereocenters. The van der Waals surface area contributed by atoms with Crippen LogP contribution in [0.3, 0.4) is 0 Å². The first-order valence-electron chi connectivity index (χ1n) is 5.72. The lowest BCUT2D eigenvalue weighted by Crippen LogP contribution is -2.44. The van der Waals surface area contributed by atoms with E-state index >= 15 is 0 Å². The fourth-order valence-electron chi connectivity index (χ4n) is 1.42. The Labute approximate surface area is 109 Å². The summed E-state index contributed by atoms with van der Waals surface area (Å²) >= 11 is 0. The molecule has 0 radical (unpaired) electrons. The highest BCUT2D eigenvalue weighted by Gasteiger charge is 2.18. The van der Waals surface area contributed by atoms with E-state index < -0.39 is 6.04 Å². The molecule has 0 saturated heterocycles. The van der Waals surface area contributed by atoms with Crippen molar-refractivity contribution in [1.82, 2.24) is 5.32 Å². The summed E-state index contributed by atoms with van der Waals surface area (Å²) in [6, 6.07) is 9.42. The molecule has 0 heterocycles. The van der Waals surface area contributed by atoms with Crippen LogP contribution in [0.5, 0.6) is 0 Å². The van der Waals surface area contributed by atoms with Gasteiger partial charge in [0.2, 0.25) is 5.91 Å². The number of carbonyl (C=O) groups excluding carboxylic acids is 1. The van der Waals surface area contributed by atoms with E-state index in [-0.39, 0.29) is 24.2 Å². The monoisotopic (exact) mass is 256 g/mol. The predicted octanol–water partition coefficient (Wildman–Crippen LogP) is 2.10. The van der Waals surface area contributed by atoms with E-state index in [1.807, 2.05) is 44.2 Å². The fraction of sp³-hybridized carbons (Fsp3) is 0.462. The van der Waals surface area contributed by atoms with Crippen LogP contribution in [0.1, 0.15) is 25.8 Å². The van der Waals surface area contributed by atoms with Gasteiger partial charge in [-0.2, -0.15) is 0 Å². The van der Waals surface area contributed by atoms with Gasteiger partial charge in [0.25, 0.3) is 0 Å². The van der Waals surface area contributed by atoms with Gasteiger partial charge in [-0.3, -0.25) is 4.79 Å². The van der Waals surface area contributed by atoms with Gasteiger partial charge in [-0.05, 0) is 11.5 Å². The first kappa shape index (κ1) is 15.9. The minimum atomic E-state index is -0.409. The third-order valence-electron chi connectivity index (χ3n) is 2.87. The molecule has 0 aromatic heterocycles. The molecule has 0 bridgehead atoms. The van der Waals surface area contributed by atoms with E-state index in [9.17, 15) is 4.79 Å². The molecule has 0 saturated carbocycles. The van der Waals surface area contributed by atoms with Crippen molar-refractivity contribution in [2.75, 3.05) is 0 Å². The van der Waals surface area contributed by atoms with Crippen molar-refractivity contribution in [2.45, 2.75) is 32.9 Å². The van der Waals surface area contributed by atoms with Crippen LogP contribution in [0.15, 0.2) is 30.3 Å². The van der Waals surface area contributed by atoms with E-state index in [1.165, 1.54) is 0 Å². The second-order valence-corrected chi connectivity index (χ2v) is 4.11. The van der Waals surface area contributed by atoms with Gasteiger partial charge in [0.1, 0.15) is 0 Å². The Morgan fingerprint density at radius 3 is 2.47 bits per heavy atom. The van der Waals surface area contributed by atoms with Gasteiger partial charge < -0.3 is 11.1 Å². The number of carbonyl (C=O) groups is 1. The maximum absolute atomic E-state index is 11.7. The SMILES string of the molecule is CCC(C)C(N)C(=O)NCc1ccccc1.Cl. The van der Waals surface area contributed by atoms with E-state index in [0.717, 1.165) is 12.0 Å². The van der Waals surface area contributed by atoms with Crippen molar-refractivity contribution >= 4 is 18.3 Å². The smallest absolute Gasteiger partial charge is 0.237 e. The standard InChI is InChI=1S/C13H20N2O.ClH/c1-3-10(2)12(14)13(16)15-9-11-7-5-4-6-8-11;/h4-8,10,12H,3,9,14H2,1-2H3,(H,15,16);1H. The zero-order chi connectivity index (χ0) is 12.0. The number of benzene rings is 1. The number of halogens is 1. The molecule has 2 unspecified atom stereocenters. The molecule has 17 heavy (non-hydrogen) atoms. The lowest BCUT2D eigenvalue weighted by molar-refractivity contribution is -0.123. The molecular formula is C13H21ClN2O. The molecule has 0 aliphatic rings. The second-order valence-electron chi connectivity index (χ2n) is 4.11. The summed E-state index contributed by atoms with van der Waals surface area (Å²) in [6.45, 7) is 4.57. The Morgan fingerprint density at radius 2 is 1.94 bits per heavy atom. The van der Waals surface area contributed by atoms with Crippen LogP contribution < -0.4 is 11.1 Å². The third kappa shape index (κ3) is 5.20. The van der Waals surface area contributed by atoms with Crippen LogP contribution >= 0.6 is 12.4 Å². The van der Waals surface area contributed by atoms with Crippen molar-refractivity contribution in [3.8, 4) is 0 Å². The number of amides is 1. The number of hydrogen-bond donors (Lipinski definition) is 2. The molecule has 3 N–H and O–H groups in total. The summed E-state index contributed by atoms with van der Waals surface area (Å²) in [4.78, 5) is 11.7. The summed E-state index contributed by atoms with van der Waals surface area (Å²) in [6.07, 6.45) is 0.917. The Kier molecular flexibility index (Phi) is 7.59. The normalized spacial score (nSPS) is 13.4. The molecule has 0 fully saturated rings. The van der Waals surface area contributed by atoms with Crippen LogP contribution in [0, 0.1) is 5.92 Å². The largest absolute Gasteiger partial charge is 0.351 e. The Morgan fingerprint density at radius 1 is 1.35 bits per heavy atom. The lowest BCUT2D eigenvalue weighted by Gasteiger charge is -2.17. The summed E-state index contributed by atoms with van der Waals surface area (Å²) in [5.74, 6) is 0.147. The zero-order valence-corrected chi connectivity index (χ0v) is 11.2. The molecular weight excluding hydrogens is 236 g/mol. The second kappa shape index (κ2) is 8.09. The van der Waals surface area contributed by atoms with Crippen LogP contribution in [0.25, 0.3) is 0 Å². The van der Waals surface area contributed by atoms with Gasteiger partial charge in [-0.1, -0.05) is 50.6 Å². The number of nitrogens with one attached hydrogen (secondary N) is 1. The van der Waals surface area contributed by atoms with Gasteiger partial charge in [0, 0.05) is 6.54 Å². The first-order chi connectivity index (χ1) is 7.65. The van der Waals surface area contributed by atoms with Gasteiger partial charge in [-0.15, -0.1) is 12.4 Å². The molecule has 3 nitrogen and oxygen atoms in total. The third-order valence-corrected chi connectivity index (χ3v) is 2.87. The van der Waals surface area contributed by atoms with Gasteiger partial charge in [0.05, 0.1) is 6.04 Å². The van der Waals surface area contributed by atoms with E-state index in [0.29, 0.717) is 6.54 Å². The fourth-order valence-corrected chi connectivity index (χ4v) is 1.42. The lowest BCUT2D eigenvalue weighted by atomic mass is 9.99. The van der Waals surface area contributed by atoms with E-state index in [2.05, 4.69) is 5.32 Å². The van der Waals surface area contributed by atoms with Gasteiger partial charge in [0.15, 0.2) is 0 Å². The highest BCUT2D eigenvalue weighted by atomic mass is 35.5. The summed E-state index contributed by atoms with van der Waals surface area (Å²) in [7, 11) is 0. The first-order valence-corrected chi connectivity index (χ1v) is 5.72. The topological polar surface area (TPSA) is 55.1 Å². The van der Waals surface area contributed by atoms with Crippen molar-refractivity contribution < 1.29 is 4.79 Å². The molecule has 1 aromatic rings. The van der Waals surface area contributed by atoms with Crippen LogP contribution in [0.4, 0.5) is 0 Å². The average Bonchev–Trinajstić information content (AvgIpc) is 2.35. The van der Waals surface area contributed by atoms with E-state index in [4.69, 9.17) is 5.73 Å². The van der Waals surface area contributed by atoms with Crippen molar-refractivity contribution in [3.63, 3.8) is 0 Å². The van der Waals surface area contributed by atoms with Crippen molar-refractivity contribution in [2.24, 2.45) is 11.7 Å². The van der Waals surface area contributed by atoms with Gasteiger partial charge in [-0.25, -0.2) is 0 Å². The molecule has 96 valence electrons. The number of nitrogens with two attached hydrogens (primary N) is 1. The predicted molar refractivity (Wildman–Crippen MR) is 73.0 cm³/mol. The summed E-state index contributed by atoms with van der Waals surface area (Å²) < 4.78 is 0. The summed E-state index contributed by atoms with van der Waals surface area (Å²) in [5.41, 5.74) is 6.91. The van der Waals surface area contributed by atoms with Crippen LogP contribution in [-0.4, -0.2) is 11.9 Å². The minimum absolute atomic E-state index is 0. The molecule has 4 heteroatoms. The highest BCUT2D eigenvalue weighted by molar-refractivity contribution is 5.85. The Hall–Kier alpha value is -1.06. The average molecular weight is 257 g/mol. The Bertz CT molecular complexity index is 329. The number of hydrogen-bond acceptors (Lipinski definition) is 2.